The molecule has 0 radical (unpaired) electrons. The monoisotopic (exact) mass is 292 g/mol. The summed E-state index contributed by atoms with van der Waals surface area (Å²) in [6.07, 6.45) is 5.65. The van der Waals surface area contributed by atoms with Gasteiger partial charge in [0, 0.05) is 5.56 Å². The average molecular weight is 292 g/mol. The number of hydrogen-bond donors (Lipinski definition) is 0. The Hall–Kier alpha value is -0.960. The van der Waals surface area contributed by atoms with E-state index in [1.165, 1.54) is 25.7 Å². The van der Waals surface area contributed by atoms with E-state index in [-0.39, 0.29) is 12.0 Å². The first kappa shape index (κ1) is 13.7. The van der Waals surface area contributed by atoms with Crippen LogP contribution >= 0.6 is 0 Å². The Morgan fingerprint density at radius 3 is 2.38 bits per heavy atom. The predicted molar refractivity (Wildman–Crippen MR) is 77.0 cm³/mol. The maximum Gasteiger partial charge on any atom is 0.165 e. The summed E-state index contributed by atoms with van der Waals surface area (Å²) in [5, 5.41) is 0. The highest BCUT2D eigenvalue weighted by atomic mass is 19.2. The van der Waals surface area contributed by atoms with Gasteiger partial charge in [-0.3, -0.25) is 0 Å². The van der Waals surface area contributed by atoms with Crippen molar-refractivity contribution in [3.05, 3.63) is 34.9 Å². The van der Waals surface area contributed by atoms with Crippen LogP contribution in [0.25, 0.3) is 0 Å². The Kier molecular flexibility index (Phi) is 3.29. The fraction of sp³-hybridized carbons (Fsp3) is 0.667. The van der Waals surface area contributed by atoms with Crippen LogP contribution in [-0.2, 0) is 4.74 Å². The van der Waals surface area contributed by atoms with Crippen molar-refractivity contribution in [3.63, 3.8) is 0 Å². The van der Waals surface area contributed by atoms with Crippen LogP contribution in [0, 0.1) is 29.4 Å². The fourth-order valence-corrected chi connectivity index (χ4v) is 4.95. The lowest BCUT2D eigenvalue weighted by Gasteiger charge is -2.21. The van der Waals surface area contributed by atoms with Crippen LogP contribution in [0.2, 0.25) is 0 Å². The van der Waals surface area contributed by atoms with Gasteiger partial charge in [0.2, 0.25) is 0 Å². The lowest BCUT2D eigenvalue weighted by atomic mass is 9.84. The van der Waals surface area contributed by atoms with Gasteiger partial charge in [-0.25, -0.2) is 8.78 Å². The second-order valence-corrected chi connectivity index (χ2v) is 6.95. The summed E-state index contributed by atoms with van der Waals surface area (Å²) in [6, 6.07) is 3.56. The van der Waals surface area contributed by atoms with Crippen LogP contribution in [-0.4, -0.2) is 6.61 Å². The summed E-state index contributed by atoms with van der Waals surface area (Å²) in [5.74, 6) is 1.01. The van der Waals surface area contributed by atoms with Crippen molar-refractivity contribution in [3.8, 4) is 0 Å². The highest BCUT2D eigenvalue weighted by Gasteiger charge is 2.45. The second kappa shape index (κ2) is 5.05. The maximum atomic E-state index is 14.5. The molecule has 1 aromatic carbocycles. The number of epoxide rings is 1. The lowest BCUT2D eigenvalue weighted by molar-refractivity contribution is 0.332. The van der Waals surface area contributed by atoms with Gasteiger partial charge in [-0.05, 0) is 54.9 Å². The summed E-state index contributed by atoms with van der Waals surface area (Å²) < 4.78 is 33.8. The minimum absolute atomic E-state index is 0.218. The average Bonchev–Trinajstić information content (AvgIpc) is 3.11. The van der Waals surface area contributed by atoms with E-state index >= 15 is 0 Å². The third-order valence-corrected chi connectivity index (χ3v) is 6.10. The number of halogens is 2. The van der Waals surface area contributed by atoms with Gasteiger partial charge in [0.25, 0.3) is 0 Å². The fourth-order valence-electron chi connectivity index (χ4n) is 4.95. The van der Waals surface area contributed by atoms with E-state index in [4.69, 9.17) is 4.74 Å². The van der Waals surface area contributed by atoms with Gasteiger partial charge in [-0.15, -0.1) is 0 Å². The van der Waals surface area contributed by atoms with E-state index in [0.29, 0.717) is 23.7 Å². The molecule has 3 heteroatoms. The van der Waals surface area contributed by atoms with Crippen molar-refractivity contribution in [1.82, 2.24) is 0 Å². The predicted octanol–water partition coefficient (Wildman–Crippen LogP) is 4.97. The minimum atomic E-state index is -0.677. The zero-order valence-electron chi connectivity index (χ0n) is 12.4. The molecule has 0 amide bonds. The summed E-state index contributed by atoms with van der Waals surface area (Å²) in [6.45, 7) is 2.77. The summed E-state index contributed by atoms with van der Waals surface area (Å²) >= 11 is 0. The highest BCUT2D eigenvalue weighted by molar-refractivity contribution is 5.33. The number of benzene rings is 1. The Bertz CT molecular complexity index is 552. The van der Waals surface area contributed by atoms with E-state index < -0.39 is 11.6 Å². The third-order valence-electron chi connectivity index (χ3n) is 6.10. The molecule has 2 saturated carbocycles. The van der Waals surface area contributed by atoms with Gasteiger partial charge in [0.15, 0.2) is 11.6 Å². The Morgan fingerprint density at radius 2 is 1.67 bits per heavy atom. The van der Waals surface area contributed by atoms with Gasteiger partial charge in [-0.2, -0.15) is 0 Å². The SMILES string of the molecule is CCC1CCC2C(c3ccc(C4CO4)c(F)c3F)CCC12. The largest absolute Gasteiger partial charge is 0.368 e. The Balaban J connectivity index is 1.64. The van der Waals surface area contributed by atoms with Crippen molar-refractivity contribution in [2.24, 2.45) is 17.8 Å². The molecule has 2 aliphatic carbocycles. The van der Waals surface area contributed by atoms with Crippen LogP contribution in [0.15, 0.2) is 12.1 Å². The molecule has 0 N–H and O–H groups in total. The first-order chi connectivity index (χ1) is 10.2. The molecule has 0 bridgehead atoms. The van der Waals surface area contributed by atoms with Crippen LogP contribution in [0.4, 0.5) is 8.78 Å². The van der Waals surface area contributed by atoms with E-state index in [2.05, 4.69) is 6.92 Å². The van der Waals surface area contributed by atoms with Crippen molar-refractivity contribution in [2.45, 2.75) is 51.0 Å². The highest BCUT2D eigenvalue weighted by Crippen LogP contribution is 2.55. The molecule has 1 heterocycles. The van der Waals surface area contributed by atoms with Crippen molar-refractivity contribution < 1.29 is 13.5 Å². The molecule has 4 rings (SSSR count). The summed E-state index contributed by atoms with van der Waals surface area (Å²) in [5.41, 5.74) is 1.00. The van der Waals surface area contributed by atoms with Gasteiger partial charge in [-0.1, -0.05) is 25.5 Å². The molecule has 0 spiro atoms. The van der Waals surface area contributed by atoms with Crippen LogP contribution < -0.4 is 0 Å². The maximum absolute atomic E-state index is 14.5. The van der Waals surface area contributed by atoms with Crippen molar-refractivity contribution in [1.29, 1.82) is 0 Å². The van der Waals surface area contributed by atoms with E-state index in [9.17, 15) is 8.78 Å². The van der Waals surface area contributed by atoms with Crippen molar-refractivity contribution in [2.75, 3.05) is 6.61 Å². The topological polar surface area (TPSA) is 12.5 Å². The zero-order chi connectivity index (χ0) is 14.6. The molecule has 3 fully saturated rings. The smallest absolute Gasteiger partial charge is 0.165 e. The van der Waals surface area contributed by atoms with E-state index in [1.54, 1.807) is 6.07 Å². The Morgan fingerprint density at radius 1 is 1.00 bits per heavy atom. The first-order valence-corrected chi connectivity index (χ1v) is 8.30. The van der Waals surface area contributed by atoms with Gasteiger partial charge in [0.1, 0.15) is 6.10 Å². The van der Waals surface area contributed by atoms with Crippen molar-refractivity contribution >= 4 is 0 Å². The molecule has 1 saturated heterocycles. The number of fused-ring (bicyclic) bond motifs is 1. The summed E-state index contributed by atoms with van der Waals surface area (Å²) in [7, 11) is 0. The normalized spacial score (nSPS) is 37.8. The molecule has 1 nitrogen and oxygen atoms in total. The minimum Gasteiger partial charge on any atom is -0.368 e. The Labute approximate surface area is 124 Å². The molecule has 0 aromatic heterocycles. The third kappa shape index (κ3) is 2.12. The lowest BCUT2D eigenvalue weighted by Crippen LogP contribution is -2.13. The van der Waals surface area contributed by atoms with Gasteiger partial charge >= 0.3 is 0 Å². The standard InChI is InChI=1S/C18H22F2O/c1-2-10-3-4-12-11(10)5-6-13(12)14-7-8-15(16-9-21-16)18(20)17(14)19/h7-8,10-13,16H,2-6,9H2,1H3. The summed E-state index contributed by atoms with van der Waals surface area (Å²) in [4.78, 5) is 0. The van der Waals surface area contributed by atoms with Gasteiger partial charge < -0.3 is 4.74 Å². The molecule has 21 heavy (non-hydrogen) atoms. The molecule has 3 aliphatic rings. The molecule has 114 valence electrons. The molecule has 5 unspecified atom stereocenters. The molecule has 1 aromatic rings. The zero-order valence-corrected chi connectivity index (χ0v) is 12.4. The van der Waals surface area contributed by atoms with E-state index in [0.717, 1.165) is 18.3 Å². The van der Waals surface area contributed by atoms with E-state index in [1.807, 2.05) is 6.07 Å². The molecule has 5 atom stereocenters. The quantitative estimate of drug-likeness (QED) is 0.717. The molecule has 1 aliphatic heterocycles. The molecular weight excluding hydrogens is 270 g/mol. The van der Waals surface area contributed by atoms with Gasteiger partial charge in [0.05, 0.1) is 6.61 Å². The first-order valence-electron chi connectivity index (χ1n) is 8.30. The number of rotatable bonds is 3. The second-order valence-electron chi connectivity index (χ2n) is 6.95. The van der Waals surface area contributed by atoms with Crippen LogP contribution in [0.5, 0.6) is 0 Å². The number of hydrogen-bond acceptors (Lipinski definition) is 1. The number of ether oxygens (including phenoxy) is 1. The van der Waals surface area contributed by atoms with Crippen LogP contribution in [0.3, 0.4) is 0 Å². The molecular formula is C18H22F2O. The van der Waals surface area contributed by atoms with Crippen LogP contribution in [0.1, 0.15) is 62.2 Å².